The third-order valence-corrected chi connectivity index (χ3v) is 4.45. The Kier molecular flexibility index (Phi) is 5.39. The number of anilines is 1. The van der Waals surface area contributed by atoms with Crippen molar-refractivity contribution in [2.45, 2.75) is 45.6 Å². The first kappa shape index (κ1) is 19.2. The zero-order valence-electron chi connectivity index (χ0n) is 15.9. The van der Waals surface area contributed by atoms with E-state index < -0.39 is 11.4 Å². The number of carbonyl (C=O) groups is 2. The highest BCUT2D eigenvalue weighted by Gasteiger charge is 2.25. The van der Waals surface area contributed by atoms with Gasteiger partial charge in [-0.05, 0) is 51.3 Å². The lowest BCUT2D eigenvalue weighted by Crippen LogP contribution is -2.39. The van der Waals surface area contributed by atoms with E-state index in [-0.39, 0.29) is 17.7 Å². The number of amides is 2. The van der Waals surface area contributed by atoms with Crippen molar-refractivity contribution in [1.82, 2.24) is 4.90 Å². The van der Waals surface area contributed by atoms with Crippen LogP contribution in [0, 0.1) is 5.82 Å². The normalized spacial score (nSPS) is 17.0. The second-order valence-corrected chi connectivity index (χ2v) is 7.77. The van der Waals surface area contributed by atoms with Gasteiger partial charge in [0.2, 0.25) is 5.91 Å². The highest BCUT2D eigenvalue weighted by atomic mass is 19.1. The second-order valence-electron chi connectivity index (χ2n) is 7.77. The molecule has 2 aliphatic rings. The molecule has 1 aromatic carbocycles. The van der Waals surface area contributed by atoms with Gasteiger partial charge in [-0.25, -0.2) is 9.18 Å². The molecule has 0 unspecified atom stereocenters. The van der Waals surface area contributed by atoms with Crippen LogP contribution in [0.3, 0.4) is 0 Å². The fraction of sp³-hybridized carbons (Fsp3) is 0.500. The Balaban J connectivity index is 1.60. The van der Waals surface area contributed by atoms with E-state index in [0.29, 0.717) is 50.3 Å². The van der Waals surface area contributed by atoms with Crippen molar-refractivity contribution in [1.29, 1.82) is 0 Å². The standard InChI is InChI=1S/C20H25FN2O4/c1-20(2,3)27-19(25)23-10-8-13(9-11-23)12-26-16-6-5-15(21)18-14(16)4-7-17(24)22-18/h5-6,8H,4,7,9-12H2,1-3H3,(H,22,24). The van der Waals surface area contributed by atoms with Crippen LogP contribution in [0.2, 0.25) is 0 Å². The van der Waals surface area contributed by atoms with Crippen molar-refractivity contribution in [2.75, 3.05) is 25.0 Å². The maximum absolute atomic E-state index is 13.9. The van der Waals surface area contributed by atoms with E-state index in [1.165, 1.54) is 6.07 Å². The summed E-state index contributed by atoms with van der Waals surface area (Å²) < 4.78 is 25.2. The molecule has 146 valence electrons. The lowest BCUT2D eigenvalue weighted by molar-refractivity contribution is -0.116. The molecule has 0 aromatic heterocycles. The van der Waals surface area contributed by atoms with Gasteiger partial charge in [-0.3, -0.25) is 4.79 Å². The van der Waals surface area contributed by atoms with Crippen molar-refractivity contribution >= 4 is 17.7 Å². The molecule has 0 atom stereocenters. The summed E-state index contributed by atoms with van der Waals surface area (Å²) in [5.41, 5.74) is 1.48. The average molecular weight is 376 g/mol. The molecule has 0 saturated carbocycles. The Bertz CT molecular complexity index is 783. The van der Waals surface area contributed by atoms with Crippen LogP contribution < -0.4 is 10.1 Å². The monoisotopic (exact) mass is 376 g/mol. The minimum absolute atomic E-state index is 0.184. The molecule has 7 heteroatoms. The molecule has 3 rings (SSSR count). The van der Waals surface area contributed by atoms with E-state index in [9.17, 15) is 14.0 Å². The van der Waals surface area contributed by atoms with Crippen LogP contribution in [0.15, 0.2) is 23.8 Å². The summed E-state index contributed by atoms with van der Waals surface area (Å²) in [6, 6.07) is 2.90. The molecule has 2 aliphatic heterocycles. The fourth-order valence-electron chi connectivity index (χ4n) is 3.06. The Labute approximate surface area is 158 Å². The Hall–Kier alpha value is -2.57. The van der Waals surface area contributed by atoms with Gasteiger partial charge in [0.1, 0.15) is 23.8 Å². The maximum Gasteiger partial charge on any atom is 0.410 e. The number of nitrogens with one attached hydrogen (secondary N) is 1. The summed E-state index contributed by atoms with van der Waals surface area (Å²) in [5.74, 6) is -0.0482. The predicted octanol–water partition coefficient (Wildman–Crippen LogP) is 3.66. The molecule has 0 radical (unpaired) electrons. The number of ether oxygens (including phenoxy) is 2. The van der Waals surface area contributed by atoms with Gasteiger partial charge in [-0.1, -0.05) is 6.08 Å². The number of carbonyl (C=O) groups excluding carboxylic acids is 2. The topological polar surface area (TPSA) is 67.9 Å². The van der Waals surface area contributed by atoms with Crippen LogP contribution in [0.5, 0.6) is 5.75 Å². The first-order valence-corrected chi connectivity index (χ1v) is 9.13. The van der Waals surface area contributed by atoms with Gasteiger partial charge < -0.3 is 19.7 Å². The summed E-state index contributed by atoms with van der Waals surface area (Å²) >= 11 is 0. The number of nitrogens with zero attached hydrogens (tertiary/aromatic N) is 1. The van der Waals surface area contributed by atoms with Gasteiger partial charge in [-0.15, -0.1) is 0 Å². The van der Waals surface area contributed by atoms with E-state index in [0.717, 1.165) is 5.57 Å². The van der Waals surface area contributed by atoms with E-state index in [1.54, 1.807) is 11.0 Å². The number of hydrogen-bond donors (Lipinski definition) is 1. The molecule has 2 heterocycles. The molecule has 0 fully saturated rings. The van der Waals surface area contributed by atoms with E-state index in [2.05, 4.69) is 5.32 Å². The van der Waals surface area contributed by atoms with Gasteiger partial charge in [-0.2, -0.15) is 0 Å². The molecule has 0 spiro atoms. The molecule has 27 heavy (non-hydrogen) atoms. The predicted molar refractivity (Wildman–Crippen MR) is 99.4 cm³/mol. The molecule has 0 bridgehead atoms. The van der Waals surface area contributed by atoms with Crippen molar-refractivity contribution < 1.29 is 23.5 Å². The lowest BCUT2D eigenvalue weighted by Gasteiger charge is -2.29. The van der Waals surface area contributed by atoms with Gasteiger partial charge in [0, 0.05) is 25.1 Å². The van der Waals surface area contributed by atoms with Crippen LogP contribution >= 0.6 is 0 Å². The quantitative estimate of drug-likeness (QED) is 0.818. The maximum atomic E-state index is 13.9. The molecule has 1 N–H and O–H groups in total. The molecule has 0 saturated heterocycles. The number of benzene rings is 1. The van der Waals surface area contributed by atoms with Crippen molar-refractivity contribution in [3.05, 3.63) is 35.2 Å². The van der Waals surface area contributed by atoms with E-state index >= 15 is 0 Å². The van der Waals surface area contributed by atoms with Crippen LogP contribution in [0.1, 0.15) is 39.2 Å². The Morgan fingerprint density at radius 3 is 2.70 bits per heavy atom. The number of halogens is 1. The minimum atomic E-state index is -0.513. The van der Waals surface area contributed by atoms with Crippen LogP contribution in [-0.4, -0.2) is 42.2 Å². The third-order valence-electron chi connectivity index (χ3n) is 4.45. The molecule has 2 amide bonds. The first-order valence-electron chi connectivity index (χ1n) is 9.13. The smallest absolute Gasteiger partial charge is 0.410 e. The van der Waals surface area contributed by atoms with Gasteiger partial charge in [0.15, 0.2) is 0 Å². The van der Waals surface area contributed by atoms with Gasteiger partial charge in [0.25, 0.3) is 0 Å². The number of fused-ring (bicyclic) bond motifs is 1. The van der Waals surface area contributed by atoms with Gasteiger partial charge >= 0.3 is 6.09 Å². The van der Waals surface area contributed by atoms with Gasteiger partial charge in [0.05, 0.1) is 5.69 Å². The zero-order chi connectivity index (χ0) is 19.6. The van der Waals surface area contributed by atoms with Crippen molar-refractivity contribution in [2.24, 2.45) is 0 Å². The minimum Gasteiger partial charge on any atom is -0.489 e. The molecule has 6 nitrogen and oxygen atoms in total. The molecular weight excluding hydrogens is 351 g/mol. The van der Waals surface area contributed by atoms with E-state index in [4.69, 9.17) is 9.47 Å². The SMILES string of the molecule is CC(C)(C)OC(=O)N1CC=C(COc2ccc(F)c3c2CCC(=O)N3)CC1. The van der Waals surface area contributed by atoms with Crippen LogP contribution in [0.4, 0.5) is 14.9 Å². The highest BCUT2D eigenvalue weighted by molar-refractivity contribution is 5.94. The summed E-state index contributed by atoms with van der Waals surface area (Å²) in [5, 5.41) is 2.58. The summed E-state index contributed by atoms with van der Waals surface area (Å²) in [7, 11) is 0. The summed E-state index contributed by atoms with van der Waals surface area (Å²) in [4.78, 5) is 25.2. The van der Waals surface area contributed by atoms with Crippen LogP contribution in [0.25, 0.3) is 0 Å². The number of rotatable bonds is 3. The highest BCUT2D eigenvalue weighted by Crippen LogP contribution is 2.34. The fourth-order valence-corrected chi connectivity index (χ4v) is 3.06. The zero-order valence-corrected chi connectivity index (χ0v) is 15.9. The van der Waals surface area contributed by atoms with Crippen molar-refractivity contribution in [3.63, 3.8) is 0 Å². The first-order chi connectivity index (χ1) is 12.7. The molecular formula is C20H25FN2O4. The van der Waals surface area contributed by atoms with E-state index in [1.807, 2.05) is 26.8 Å². The number of hydrogen-bond acceptors (Lipinski definition) is 4. The third kappa shape index (κ3) is 4.78. The molecule has 0 aliphatic carbocycles. The average Bonchev–Trinajstić information content (AvgIpc) is 2.60. The Morgan fingerprint density at radius 1 is 1.26 bits per heavy atom. The largest absolute Gasteiger partial charge is 0.489 e. The summed E-state index contributed by atoms with van der Waals surface area (Å²) in [6.07, 6.45) is 3.12. The second kappa shape index (κ2) is 7.58. The molecule has 1 aromatic rings. The van der Waals surface area contributed by atoms with Crippen LogP contribution in [-0.2, 0) is 16.0 Å². The summed E-state index contributed by atoms with van der Waals surface area (Å²) in [6.45, 7) is 6.95. The Morgan fingerprint density at radius 2 is 2.04 bits per heavy atom. The van der Waals surface area contributed by atoms with Crippen molar-refractivity contribution in [3.8, 4) is 5.75 Å². The lowest BCUT2D eigenvalue weighted by atomic mass is 10.0.